The molecule has 0 fully saturated rings. The second kappa shape index (κ2) is 7.28. The first-order chi connectivity index (χ1) is 16.0. The molecule has 2 aromatic carbocycles. The van der Waals surface area contributed by atoms with Crippen molar-refractivity contribution in [2.75, 3.05) is 0 Å². The third-order valence-electron chi connectivity index (χ3n) is 6.32. The lowest BCUT2D eigenvalue weighted by Gasteiger charge is -2.40. The first-order valence-electron chi connectivity index (χ1n) is 10.7. The number of amides is 2. The number of halogens is 3. The molecule has 0 saturated carbocycles. The number of rotatable bonds is 2. The summed E-state index contributed by atoms with van der Waals surface area (Å²) in [6.45, 7) is 5.50. The van der Waals surface area contributed by atoms with Gasteiger partial charge in [0.15, 0.2) is 0 Å². The maximum Gasteiger partial charge on any atom is 0.435 e. The molecule has 1 aliphatic carbocycles. The van der Waals surface area contributed by atoms with E-state index in [0.717, 1.165) is 21.3 Å². The topological polar surface area (TPSA) is 70.2 Å². The largest absolute Gasteiger partial charge is 0.435 e. The number of nitrogens with zero attached hydrogens (tertiary/aromatic N) is 2. The van der Waals surface area contributed by atoms with Crippen LogP contribution in [0.5, 0.6) is 0 Å². The molecule has 34 heavy (non-hydrogen) atoms. The second-order valence-corrected chi connectivity index (χ2v) is 8.67. The summed E-state index contributed by atoms with van der Waals surface area (Å²) in [6, 6.07) is 10.3. The van der Waals surface area contributed by atoms with Crippen LogP contribution >= 0.6 is 0 Å². The summed E-state index contributed by atoms with van der Waals surface area (Å²) in [5, 5.41) is 11.0. The Labute approximate surface area is 193 Å². The van der Waals surface area contributed by atoms with Gasteiger partial charge in [0.25, 0.3) is 0 Å². The Kier molecular flexibility index (Phi) is 4.69. The summed E-state index contributed by atoms with van der Waals surface area (Å²) in [5.41, 5.74) is 0.406. The van der Waals surface area contributed by atoms with E-state index in [1.807, 2.05) is 26.0 Å². The minimum absolute atomic E-state index is 0.0528. The number of nitrogens with one attached hydrogen (secondary N) is 2. The fraction of sp³-hybridized carbons (Fsp3) is 0.192. The van der Waals surface area contributed by atoms with Gasteiger partial charge in [-0.1, -0.05) is 65.7 Å². The number of carbonyl (C=O) groups is 1. The van der Waals surface area contributed by atoms with Gasteiger partial charge in [-0.2, -0.15) is 18.2 Å². The van der Waals surface area contributed by atoms with Crippen LogP contribution in [0, 0.1) is 26.2 Å². The molecular formula is C26H21F3N4O. The molecule has 0 spiro atoms. The minimum atomic E-state index is -4.92. The van der Waals surface area contributed by atoms with Gasteiger partial charge in [0.05, 0.1) is 11.4 Å². The van der Waals surface area contributed by atoms with Crippen LogP contribution in [-0.4, -0.2) is 22.5 Å². The number of alkyl halides is 3. The van der Waals surface area contributed by atoms with Gasteiger partial charge in [0.1, 0.15) is 5.49 Å². The Morgan fingerprint density at radius 2 is 1.71 bits per heavy atom. The predicted octanol–water partition coefficient (Wildman–Crippen LogP) is 4.40. The number of aryl methyl sites for hydroxylation is 3. The molecule has 2 amide bonds. The van der Waals surface area contributed by atoms with Gasteiger partial charge in [-0.15, -0.1) is 0 Å². The van der Waals surface area contributed by atoms with Crippen molar-refractivity contribution in [3.8, 4) is 11.3 Å². The summed E-state index contributed by atoms with van der Waals surface area (Å²) in [4.78, 5) is 16.7. The highest BCUT2D eigenvalue weighted by Crippen LogP contribution is 2.44. The standard InChI is InChI=1S/C26H21F3N4O/c1-14-7-10-17(11-8-14)25(26(27,28)29)32-24(34)31-23-19-5-4-6-20(30)21(19)22(33(23)25)18-12-9-15(2)13-16(18)3/h4-13,30H,1-3H3,(H,32,34). The fourth-order valence-electron chi connectivity index (χ4n) is 4.80. The van der Waals surface area contributed by atoms with Gasteiger partial charge in [-0.3, -0.25) is 4.57 Å². The third kappa shape index (κ3) is 2.98. The van der Waals surface area contributed by atoms with Crippen molar-refractivity contribution in [3.05, 3.63) is 93.1 Å². The Morgan fingerprint density at radius 3 is 2.35 bits per heavy atom. The van der Waals surface area contributed by atoms with Crippen molar-refractivity contribution in [2.45, 2.75) is 32.6 Å². The van der Waals surface area contributed by atoms with Crippen molar-refractivity contribution in [2.24, 2.45) is 4.99 Å². The highest BCUT2D eigenvalue weighted by molar-refractivity contribution is 6.12. The van der Waals surface area contributed by atoms with Gasteiger partial charge < -0.3 is 10.7 Å². The molecule has 1 aliphatic heterocycles. The number of aromatic nitrogens is 1. The maximum atomic E-state index is 15.2. The van der Waals surface area contributed by atoms with E-state index in [1.165, 1.54) is 18.2 Å². The molecule has 0 radical (unpaired) electrons. The normalized spacial score (nSPS) is 19.1. The number of hydrogen-bond donors (Lipinski definition) is 2. The number of carbonyl (C=O) groups excluding carboxylic acids is 1. The average Bonchev–Trinajstić information content (AvgIpc) is 3.08. The Balaban J connectivity index is 2.04. The molecule has 5 nitrogen and oxygen atoms in total. The lowest BCUT2D eigenvalue weighted by atomic mass is 9.93. The predicted molar refractivity (Wildman–Crippen MR) is 123 cm³/mol. The molecule has 172 valence electrons. The molecule has 1 aromatic heterocycles. The maximum absolute atomic E-state index is 15.2. The van der Waals surface area contributed by atoms with Gasteiger partial charge in [0.2, 0.25) is 5.66 Å². The van der Waals surface area contributed by atoms with Crippen LogP contribution in [0.15, 0.2) is 59.6 Å². The van der Waals surface area contributed by atoms with Crippen LogP contribution in [0.1, 0.15) is 27.8 Å². The first kappa shape index (κ1) is 21.9. The monoisotopic (exact) mass is 462 g/mol. The zero-order chi connectivity index (χ0) is 24.4. The molecular weight excluding hydrogens is 441 g/mol. The van der Waals surface area contributed by atoms with Crippen LogP contribution in [0.4, 0.5) is 18.0 Å². The third-order valence-corrected chi connectivity index (χ3v) is 6.32. The highest BCUT2D eigenvalue weighted by Gasteiger charge is 2.61. The Hall–Kier alpha value is -3.94. The zero-order valence-corrected chi connectivity index (χ0v) is 18.7. The molecule has 5 rings (SSSR count). The van der Waals surface area contributed by atoms with Crippen LogP contribution in [0.2, 0.25) is 0 Å². The van der Waals surface area contributed by atoms with E-state index in [2.05, 4.69) is 10.3 Å². The highest BCUT2D eigenvalue weighted by atomic mass is 19.4. The molecule has 1 unspecified atom stereocenters. The van der Waals surface area contributed by atoms with E-state index >= 15 is 13.2 Å². The van der Waals surface area contributed by atoms with Crippen LogP contribution < -0.4 is 16.0 Å². The van der Waals surface area contributed by atoms with Crippen LogP contribution in [-0.2, 0) is 5.66 Å². The lowest BCUT2D eigenvalue weighted by molar-refractivity contribution is -0.208. The number of hydrogen-bond acceptors (Lipinski definition) is 2. The molecule has 0 saturated heterocycles. The number of benzene rings is 2. The molecule has 3 aromatic rings. The SMILES string of the molecule is Cc1ccc(C2(C(F)(F)F)NC(=O)N=c3c4c(c(-c5ccc(C)cc5C)n32)C(=N)C=CC=4)cc1. The van der Waals surface area contributed by atoms with Crippen molar-refractivity contribution >= 4 is 17.8 Å². The molecule has 8 heteroatoms. The van der Waals surface area contributed by atoms with Gasteiger partial charge in [0, 0.05) is 21.9 Å². The van der Waals surface area contributed by atoms with Crippen molar-refractivity contribution in [1.29, 1.82) is 5.41 Å². The summed E-state index contributed by atoms with van der Waals surface area (Å²) >= 11 is 0. The molecule has 0 bridgehead atoms. The average molecular weight is 462 g/mol. The summed E-state index contributed by atoms with van der Waals surface area (Å²) in [7, 11) is 0. The smallest absolute Gasteiger partial charge is 0.301 e. The van der Waals surface area contributed by atoms with E-state index < -0.39 is 17.9 Å². The van der Waals surface area contributed by atoms with Gasteiger partial charge >= 0.3 is 12.2 Å². The number of fused-ring (bicyclic) bond motifs is 3. The Morgan fingerprint density at radius 1 is 1.03 bits per heavy atom. The fourth-order valence-corrected chi connectivity index (χ4v) is 4.80. The van der Waals surface area contributed by atoms with Crippen molar-refractivity contribution in [1.82, 2.24) is 9.88 Å². The van der Waals surface area contributed by atoms with Crippen molar-refractivity contribution < 1.29 is 18.0 Å². The summed E-state index contributed by atoms with van der Waals surface area (Å²) < 4.78 is 46.7. The zero-order valence-electron chi connectivity index (χ0n) is 18.7. The van der Waals surface area contributed by atoms with Gasteiger partial charge in [-0.25, -0.2) is 4.79 Å². The summed E-state index contributed by atoms with van der Waals surface area (Å²) in [5.74, 6) is 0. The minimum Gasteiger partial charge on any atom is -0.301 e. The van der Waals surface area contributed by atoms with Crippen molar-refractivity contribution in [3.63, 3.8) is 0 Å². The molecule has 2 N–H and O–H groups in total. The van der Waals surface area contributed by atoms with E-state index in [0.29, 0.717) is 16.3 Å². The number of urea groups is 1. The Bertz CT molecular complexity index is 1530. The lowest BCUT2D eigenvalue weighted by Crippen LogP contribution is -2.66. The first-order valence-corrected chi connectivity index (χ1v) is 10.7. The molecule has 1 atom stereocenters. The van der Waals surface area contributed by atoms with Gasteiger partial charge in [-0.05, 0) is 32.4 Å². The quantitative estimate of drug-likeness (QED) is 0.582. The van der Waals surface area contributed by atoms with E-state index in [-0.39, 0.29) is 22.5 Å². The second-order valence-electron chi connectivity index (χ2n) is 8.67. The van der Waals surface area contributed by atoms with E-state index in [1.54, 1.807) is 37.3 Å². The van der Waals surface area contributed by atoms with E-state index in [9.17, 15) is 4.79 Å². The van der Waals surface area contributed by atoms with Crippen LogP contribution in [0.3, 0.4) is 0 Å². The molecule has 2 heterocycles. The summed E-state index contributed by atoms with van der Waals surface area (Å²) in [6.07, 6.45) is -0.212. The molecule has 2 aliphatic rings. The van der Waals surface area contributed by atoms with Crippen LogP contribution in [0.25, 0.3) is 17.3 Å². The number of allylic oxidation sites excluding steroid dienone is 2. The van der Waals surface area contributed by atoms with E-state index in [4.69, 9.17) is 5.41 Å².